The molecule has 2 aromatic rings. The van der Waals surface area contributed by atoms with Crippen molar-refractivity contribution < 1.29 is 4.79 Å². The highest BCUT2D eigenvalue weighted by Crippen LogP contribution is 2.20. The maximum Gasteiger partial charge on any atom is 0.252 e. The van der Waals surface area contributed by atoms with Gasteiger partial charge in [-0.3, -0.25) is 4.79 Å². The lowest BCUT2D eigenvalue weighted by Crippen LogP contribution is -2.26. The summed E-state index contributed by atoms with van der Waals surface area (Å²) in [5.74, 6) is -0.0263. The van der Waals surface area contributed by atoms with Gasteiger partial charge in [0.05, 0.1) is 14.5 Å². The Bertz CT molecular complexity index is 570. The number of hydrogen-bond donors (Lipinski definition) is 1. The number of hydrogen-bond acceptors (Lipinski definition) is 2. The van der Waals surface area contributed by atoms with E-state index in [1.165, 1.54) is 0 Å². The van der Waals surface area contributed by atoms with E-state index in [0.717, 1.165) is 18.5 Å². The smallest absolute Gasteiger partial charge is 0.252 e. The van der Waals surface area contributed by atoms with E-state index in [1.807, 2.05) is 42.6 Å². The third-order valence-electron chi connectivity index (χ3n) is 2.53. The fraction of sp³-hybridized carbons (Fsp3) is 0.154. The lowest BCUT2D eigenvalue weighted by atomic mass is 10.1. The van der Waals surface area contributed by atoms with Gasteiger partial charge in [0, 0.05) is 9.85 Å². The Labute approximate surface area is 132 Å². The molecule has 0 spiro atoms. The van der Waals surface area contributed by atoms with Crippen LogP contribution in [0.4, 0.5) is 0 Å². The number of nitrogens with one attached hydrogen (secondary N) is 1. The van der Waals surface area contributed by atoms with Crippen molar-refractivity contribution >= 4 is 55.8 Å². The zero-order valence-corrected chi connectivity index (χ0v) is 14.2. The van der Waals surface area contributed by atoms with Crippen LogP contribution in [-0.4, -0.2) is 5.91 Å². The molecule has 2 rings (SSSR count). The summed E-state index contributed by atoms with van der Waals surface area (Å²) in [5, 5.41) is 4.88. The topological polar surface area (TPSA) is 29.1 Å². The van der Waals surface area contributed by atoms with Crippen molar-refractivity contribution in [2.24, 2.45) is 0 Å². The van der Waals surface area contributed by atoms with Gasteiger partial charge in [-0.15, -0.1) is 11.3 Å². The van der Waals surface area contributed by atoms with Crippen molar-refractivity contribution in [1.29, 1.82) is 0 Å². The maximum atomic E-state index is 12.0. The normalized spacial score (nSPS) is 12.2. The number of carbonyl (C=O) groups excluding carboxylic acids is 1. The van der Waals surface area contributed by atoms with E-state index in [-0.39, 0.29) is 11.9 Å². The zero-order valence-electron chi connectivity index (χ0n) is 9.61. The molecule has 1 atom stereocenters. The van der Waals surface area contributed by atoms with Gasteiger partial charge in [0.25, 0.3) is 5.91 Å². The molecule has 5 heteroatoms. The van der Waals surface area contributed by atoms with Crippen molar-refractivity contribution in [3.63, 3.8) is 0 Å². The third kappa shape index (κ3) is 3.55. The van der Waals surface area contributed by atoms with Crippen LogP contribution in [0.3, 0.4) is 0 Å². The first-order chi connectivity index (χ1) is 8.56. The Kier molecular flexibility index (Phi) is 4.80. The molecule has 1 amide bonds. The van der Waals surface area contributed by atoms with Crippen LogP contribution in [0, 0.1) is 2.88 Å². The van der Waals surface area contributed by atoms with Crippen LogP contribution >= 0.6 is 49.9 Å². The van der Waals surface area contributed by atoms with Gasteiger partial charge in [-0.25, -0.2) is 0 Å². The van der Waals surface area contributed by atoms with Crippen LogP contribution in [0.25, 0.3) is 0 Å². The Morgan fingerprint density at radius 2 is 2.22 bits per heavy atom. The lowest BCUT2D eigenvalue weighted by molar-refractivity contribution is 0.0940. The average molecular weight is 436 g/mol. The molecule has 1 unspecified atom stereocenters. The molecule has 0 fully saturated rings. The minimum Gasteiger partial charge on any atom is -0.345 e. The Balaban J connectivity index is 2.07. The monoisotopic (exact) mass is 435 g/mol. The predicted molar refractivity (Wildman–Crippen MR) is 87.1 cm³/mol. The summed E-state index contributed by atoms with van der Waals surface area (Å²) in [6.45, 7) is 1.98. The van der Waals surface area contributed by atoms with Gasteiger partial charge in [-0.1, -0.05) is 28.1 Å². The van der Waals surface area contributed by atoms with Crippen LogP contribution < -0.4 is 5.32 Å². The molecule has 2 nitrogen and oxygen atoms in total. The molecule has 0 aliphatic carbocycles. The molecule has 18 heavy (non-hydrogen) atoms. The quantitative estimate of drug-likeness (QED) is 0.701. The molecule has 0 aliphatic rings. The fourth-order valence-electron chi connectivity index (χ4n) is 1.57. The number of halogens is 2. The second kappa shape index (κ2) is 6.16. The predicted octanol–water partition coefficient (Wildman–Crippen LogP) is 4.61. The first-order valence-electron chi connectivity index (χ1n) is 5.36. The Morgan fingerprint density at radius 3 is 2.83 bits per heavy atom. The Morgan fingerprint density at radius 1 is 1.44 bits per heavy atom. The fourth-order valence-corrected chi connectivity index (χ4v) is 3.31. The minimum absolute atomic E-state index is 0.00689. The number of thiophene rings is 1. The van der Waals surface area contributed by atoms with Crippen molar-refractivity contribution in [2.45, 2.75) is 13.0 Å². The maximum absolute atomic E-state index is 12.0. The molecule has 1 aromatic carbocycles. The lowest BCUT2D eigenvalue weighted by Gasteiger charge is -2.14. The van der Waals surface area contributed by atoms with Gasteiger partial charge in [-0.2, -0.15) is 0 Å². The molecule has 0 bridgehead atoms. The third-order valence-corrected chi connectivity index (χ3v) is 4.81. The van der Waals surface area contributed by atoms with E-state index in [9.17, 15) is 4.79 Å². The molecule has 1 N–H and O–H groups in total. The molecule has 0 saturated heterocycles. The largest absolute Gasteiger partial charge is 0.345 e. The van der Waals surface area contributed by atoms with Crippen LogP contribution in [0.5, 0.6) is 0 Å². The molecule has 94 valence electrons. The molecule has 1 aromatic heterocycles. The molecular weight excluding hydrogens is 425 g/mol. The van der Waals surface area contributed by atoms with Gasteiger partial charge in [-0.05, 0) is 53.3 Å². The highest BCUT2D eigenvalue weighted by molar-refractivity contribution is 14.1. The number of amides is 1. The summed E-state index contributed by atoms with van der Waals surface area (Å²) in [7, 11) is 0. The molecule has 0 saturated carbocycles. The van der Waals surface area contributed by atoms with Crippen LogP contribution in [-0.2, 0) is 0 Å². The molecule has 0 radical (unpaired) electrons. The average Bonchev–Trinajstić information content (AvgIpc) is 2.76. The van der Waals surface area contributed by atoms with E-state index in [4.69, 9.17) is 0 Å². The van der Waals surface area contributed by atoms with Crippen molar-refractivity contribution in [2.75, 3.05) is 0 Å². The van der Waals surface area contributed by atoms with Gasteiger partial charge < -0.3 is 5.32 Å². The number of rotatable bonds is 3. The van der Waals surface area contributed by atoms with Crippen molar-refractivity contribution in [3.8, 4) is 0 Å². The minimum atomic E-state index is -0.0263. The molecule has 0 aliphatic heterocycles. The van der Waals surface area contributed by atoms with Crippen LogP contribution in [0.1, 0.15) is 28.9 Å². The van der Waals surface area contributed by atoms with Gasteiger partial charge in [0.15, 0.2) is 0 Å². The number of benzene rings is 1. The van der Waals surface area contributed by atoms with Crippen molar-refractivity contribution in [3.05, 3.63) is 54.2 Å². The van der Waals surface area contributed by atoms with E-state index in [2.05, 4.69) is 43.8 Å². The highest BCUT2D eigenvalue weighted by Gasteiger charge is 2.12. The summed E-state index contributed by atoms with van der Waals surface area (Å²) in [4.78, 5) is 12.0. The summed E-state index contributed by atoms with van der Waals surface area (Å²) in [5.41, 5.74) is 1.81. The second-order valence-electron chi connectivity index (χ2n) is 3.89. The van der Waals surface area contributed by atoms with E-state index < -0.39 is 0 Å². The second-order valence-corrected chi connectivity index (χ2v) is 7.61. The Hall–Kier alpha value is -0.400. The first kappa shape index (κ1) is 14.0. The summed E-state index contributed by atoms with van der Waals surface area (Å²) in [6.07, 6.45) is 0. The standard InChI is InChI=1S/C13H11BrINOS/c1-8(9-3-2-4-11(14)5-9)16-13(17)10-6-12(15)18-7-10/h2-8H,1H3,(H,16,17). The highest BCUT2D eigenvalue weighted by atomic mass is 127. The number of carbonyl (C=O) groups is 1. The van der Waals surface area contributed by atoms with Crippen LogP contribution in [0.2, 0.25) is 0 Å². The van der Waals surface area contributed by atoms with Gasteiger partial charge in [0.2, 0.25) is 0 Å². The van der Waals surface area contributed by atoms with Crippen LogP contribution in [0.15, 0.2) is 40.2 Å². The molecular formula is C13H11BrINOS. The van der Waals surface area contributed by atoms with E-state index in [0.29, 0.717) is 0 Å². The summed E-state index contributed by atoms with van der Waals surface area (Å²) in [6, 6.07) is 9.85. The van der Waals surface area contributed by atoms with E-state index >= 15 is 0 Å². The first-order valence-corrected chi connectivity index (χ1v) is 8.12. The van der Waals surface area contributed by atoms with Crippen molar-refractivity contribution in [1.82, 2.24) is 5.32 Å². The SMILES string of the molecule is CC(NC(=O)c1csc(I)c1)c1cccc(Br)c1. The zero-order chi connectivity index (χ0) is 13.1. The summed E-state index contributed by atoms with van der Waals surface area (Å²) < 4.78 is 2.14. The van der Waals surface area contributed by atoms with Gasteiger partial charge >= 0.3 is 0 Å². The van der Waals surface area contributed by atoms with Gasteiger partial charge in [0.1, 0.15) is 0 Å². The van der Waals surface area contributed by atoms with E-state index in [1.54, 1.807) is 11.3 Å². The molecule has 1 heterocycles. The summed E-state index contributed by atoms with van der Waals surface area (Å²) >= 11 is 7.23.